The Labute approximate surface area is 452 Å². The number of aliphatic hydroxyl groups excluding tert-OH is 1. The second-order valence-electron chi connectivity index (χ2n) is 20.4. The molecule has 4 amide bonds. The van der Waals surface area contributed by atoms with Crippen LogP contribution in [-0.2, 0) is 15.6 Å². The summed E-state index contributed by atoms with van der Waals surface area (Å²) in [5.74, 6) is -0.548. The summed E-state index contributed by atoms with van der Waals surface area (Å²) >= 11 is 0. The van der Waals surface area contributed by atoms with Crippen molar-refractivity contribution in [3.05, 3.63) is 168 Å². The maximum atomic E-state index is 16.5. The molecule has 0 spiro atoms. The van der Waals surface area contributed by atoms with Gasteiger partial charge in [-0.15, -0.1) is 0 Å². The number of urea groups is 2. The molecule has 0 saturated heterocycles. The fraction of sp³-hybridized carbons (Fsp3) is 0.276. The van der Waals surface area contributed by atoms with Crippen molar-refractivity contribution in [2.75, 3.05) is 64.7 Å². The molecule has 4 aromatic carbocycles. The summed E-state index contributed by atoms with van der Waals surface area (Å²) in [7, 11) is 1.62. The number of hydrogen-bond donors (Lipinski definition) is 5. The number of halogens is 2. The lowest BCUT2D eigenvalue weighted by Crippen LogP contribution is -2.55. The number of hydrogen-bond acceptors (Lipinski definition) is 12. The summed E-state index contributed by atoms with van der Waals surface area (Å²) in [6.07, 6.45) is 3.67. The number of aryl methyl sites for hydroxylation is 2. The number of benzene rings is 4. The SMILES string of the molecule is COCCNc1ccc(-n2nc(C(C)(C)C)cc2N(C(=O)Nc2ccc(Oc3ccnc(C)c3)cc2F)N(C(=O)Nc2ccc(Oc3ccnc(C)c3)cc2F)c2cc(C(C)(C)C)nn2-c2ccc(NCCCO)cc2)cc1. The van der Waals surface area contributed by atoms with Crippen LogP contribution in [0.25, 0.3) is 11.4 Å². The lowest BCUT2D eigenvalue weighted by Gasteiger charge is -2.34. The van der Waals surface area contributed by atoms with Crippen molar-refractivity contribution in [2.24, 2.45) is 0 Å². The van der Waals surface area contributed by atoms with Crippen LogP contribution in [0, 0.1) is 25.5 Å². The van der Waals surface area contributed by atoms with Gasteiger partial charge in [-0.05, 0) is 105 Å². The average Bonchev–Trinajstić information content (AvgIpc) is 4.11. The number of rotatable bonds is 18. The van der Waals surface area contributed by atoms with Crippen LogP contribution in [0.5, 0.6) is 23.0 Å². The molecular formula is C58H64F2N12O6. The van der Waals surface area contributed by atoms with E-state index in [1.54, 1.807) is 94.0 Å². The predicted molar refractivity (Wildman–Crippen MR) is 299 cm³/mol. The third-order valence-corrected chi connectivity index (χ3v) is 12.0. The molecule has 0 aliphatic carbocycles. The molecule has 0 aliphatic rings. The molecule has 20 heteroatoms. The van der Waals surface area contributed by atoms with Gasteiger partial charge < -0.3 is 40.6 Å². The highest BCUT2D eigenvalue weighted by Gasteiger charge is 2.38. The standard InChI is InChI=1S/C58H64F2N12O6/c1-37-31-45(23-26-61-37)77-43-19-21-49(47(59)33-43)65-55(74)71(53-35-51(57(3,4)5)67-69(53)41-15-11-39(12-16-41)63-25-10-29-73)72(56(75)66-50-22-20-44(34-48(50)60)78-46-24-27-62-38(2)32-46)54-36-52(58(6,7)8)68-70(54)42-17-13-40(14-18-42)64-28-30-76-9/h11-24,26-27,31-36,63-64,73H,10,25,28-30H2,1-9H3,(H,65,74)(H,66,75). The quantitative estimate of drug-likeness (QED) is 0.0403. The zero-order valence-corrected chi connectivity index (χ0v) is 45.1. The second kappa shape index (κ2) is 24.0. The number of aromatic nitrogens is 6. The highest BCUT2D eigenvalue weighted by molar-refractivity contribution is 6.12. The van der Waals surface area contributed by atoms with Gasteiger partial charge in [0.25, 0.3) is 0 Å². The highest BCUT2D eigenvalue weighted by atomic mass is 19.1. The minimum Gasteiger partial charge on any atom is -0.457 e. The first-order valence-corrected chi connectivity index (χ1v) is 25.3. The van der Waals surface area contributed by atoms with E-state index in [0.29, 0.717) is 71.8 Å². The number of aliphatic hydroxyl groups is 1. The minimum atomic E-state index is -1.04. The average molecular weight is 1060 g/mol. The molecule has 0 atom stereocenters. The van der Waals surface area contributed by atoms with Gasteiger partial charge in [-0.2, -0.15) is 20.2 Å². The number of ether oxygens (including phenoxy) is 3. The van der Waals surface area contributed by atoms with Gasteiger partial charge in [-0.3, -0.25) is 9.97 Å². The number of hydrazine groups is 1. The summed E-state index contributed by atoms with van der Waals surface area (Å²) in [6, 6.07) is 30.3. The van der Waals surface area contributed by atoms with Crippen LogP contribution in [0.2, 0.25) is 0 Å². The van der Waals surface area contributed by atoms with Crippen LogP contribution in [0.4, 0.5) is 52.8 Å². The Morgan fingerprint density at radius 3 is 1.36 bits per heavy atom. The summed E-state index contributed by atoms with van der Waals surface area (Å²) in [5, 5.41) is 33.7. The smallest absolute Gasteiger partial charge is 0.347 e. The number of nitrogens with zero attached hydrogens (tertiary/aromatic N) is 8. The van der Waals surface area contributed by atoms with Gasteiger partial charge >= 0.3 is 12.1 Å². The lowest BCUT2D eigenvalue weighted by molar-refractivity contribution is 0.211. The van der Waals surface area contributed by atoms with Gasteiger partial charge in [0.15, 0.2) is 11.6 Å². The molecule has 5 N–H and O–H groups in total. The van der Waals surface area contributed by atoms with Crippen LogP contribution in [0.3, 0.4) is 0 Å². The van der Waals surface area contributed by atoms with Crippen molar-refractivity contribution in [3.63, 3.8) is 0 Å². The van der Waals surface area contributed by atoms with E-state index < -0.39 is 34.5 Å². The van der Waals surface area contributed by atoms with Crippen LogP contribution in [-0.4, -0.2) is 80.1 Å². The topological polar surface area (TPSA) is 198 Å². The van der Waals surface area contributed by atoms with E-state index in [-0.39, 0.29) is 41.1 Å². The van der Waals surface area contributed by atoms with E-state index in [1.165, 1.54) is 33.6 Å². The molecule has 4 heterocycles. The summed E-state index contributed by atoms with van der Waals surface area (Å²) in [5.41, 5.74) is 3.07. The zero-order valence-electron chi connectivity index (χ0n) is 45.1. The van der Waals surface area contributed by atoms with Crippen LogP contribution < -0.4 is 40.8 Å². The van der Waals surface area contributed by atoms with Crippen molar-refractivity contribution >= 4 is 46.4 Å². The van der Waals surface area contributed by atoms with Crippen molar-refractivity contribution in [1.29, 1.82) is 0 Å². The van der Waals surface area contributed by atoms with Gasteiger partial charge in [0.1, 0.15) is 34.6 Å². The van der Waals surface area contributed by atoms with Crippen molar-refractivity contribution < 1.29 is 37.7 Å². The Morgan fingerprint density at radius 1 is 0.577 bits per heavy atom. The third-order valence-electron chi connectivity index (χ3n) is 12.0. The van der Waals surface area contributed by atoms with Gasteiger partial charge in [0, 0.05) is 109 Å². The Kier molecular flexibility index (Phi) is 17.0. The lowest BCUT2D eigenvalue weighted by atomic mass is 9.92. The first-order valence-electron chi connectivity index (χ1n) is 25.3. The molecule has 78 heavy (non-hydrogen) atoms. The monoisotopic (exact) mass is 1060 g/mol. The fourth-order valence-corrected chi connectivity index (χ4v) is 7.90. The maximum Gasteiger partial charge on any atom is 0.347 e. The van der Waals surface area contributed by atoms with Gasteiger partial charge in [0.05, 0.1) is 40.7 Å². The molecule has 0 saturated carbocycles. The van der Waals surface area contributed by atoms with Crippen molar-refractivity contribution in [2.45, 2.75) is 72.6 Å². The van der Waals surface area contributed by atoms with Crippen LogP contribution in [0.15, 0.2) is 134 Å². The molecule has 8 aromatic rings. The molecule has 0 radical (unpaired) electrons. The third kappa shape index (κ3) is 13.6. The second-order valence-corrected chi connectivity index (χ2v) is 20.4. The Hall–Kier alpha value is -8.88. The first-order chi connectivity index (χ1) is 37.3. The van der Waals surface area contributed by atoms with Gasteiger partial charge in [-0.1, -0.05) is 41.5 Å². The number of carbonyl (C=O) groups is 2. The molecule has 0 fully saturated rings. The summed E-state index contributed by atoms with van der Waals surface area (Å²) in [4.78, 5) is 40.0. The number of methoxy groups -OCH3 is 1. The molecule has 4 aromatic heterocycles. The largest absolute Gasteiger partial charge is 0.457 e. The molecular weight excluding hydrogens is 999 g/mol. The molecule has 406 valence electrons. The number of amides is 4. The Morgan fingerprint density at radius 2 is 0.987 bits per heavy atom. The van der Waals surface area contributed by atoms with Crippen molar-refractivity contribution in [1.82, 2.24) is 29.5 Å². The van der Waals surface area contributed by atoms with Gasteiger partial charge in [-0.25, -0.2) is 27.7 Å². The number of pyridine rings is 2. The van der Waals surface area contributed by atoms with Crippen LogP contribution >= 0.6 is 0 Å². The fourth-order valence-electron chi connectivity index (χ4n) is 7.90. The molecule has 18 nitrogen and oxygen atoms in total. The zero-order chi connectivity index (χ0) is 55.7. The van der Waals surface area contributed by atoms with E-state index in [9.17, 15) is 5.11 Å². The van der Waals surface area contributed by atoms with E-state index in [2.05, 4.69) is 31.2 Å². The summed E-state index contributed by atoms with van der Waals surface area (Å²) in [6.45, 7) is 16.8. The highest BCUT2D eigenvalue weighted by Crippen LogP contribution is 2.37. The van der Waals surface area contributed by atoms with E-state index in [0.717, 1.165) is 33.5 Å². The van der Waals surface area contributed by atoms with E-state index in [1.807, 2.05) is 65.8 Å². The predicted octanol–water partition coefficient (Wildman–Crippen LogP) is 12.5. The maximum absolute atomic E-state index is 16.5. The number of nitrogens with one attached hydrogen (secondary N) is 4. The first kappa shape index (κ1) is 55.4. The van der Waals surface area contributed by atoms with Gasteiger partial charge in [0.2, 0.25) is 0 Å². The van der Waals surface area contributed by atoms with Crippen LogP contribution in [0.1, 0.15) is 70.7 Å². The molecule has 8 rings (SSSR count). The Balaban J connectivity index is 1.33. The number of carbonyl (C=O) groups excluding carboxylic acids is 2. The summed E-state index contributed by atoms with van der Waals surface area (Å²) < 4.78 is 53.2. The Bertz CT molecular complexity index is 3150. The molecule has 0 aliphatic heterocycles. The van der Waals surface area contributed by atoms with Crippen molar-refractivity contribution in [3.8, 4) is 34.4 Å². The molecule has 0 unspecified atom stereocenters. The molecule has 0 bridgehead atoms. The normalized spacial score (nSPS) is 11.5. The van der Waals surface area contributed by atoms with E-state index in [4.69, 9.17) is 24.4 Å². The number of anilines is 6. The van der Waals surface area contributed by atoms with E-state index >= 15 is 18.4 Å². The minimum absolute atomic E-state index is 0.0123.